The molecule has 2 aromatic carbocycles. The van der Waals surface area contributed by atoms with Crippen molar-refractivity contribution >= 4 is 28.7 Å². The van der Waals surface area contributed by atoms with Crippen LogP contribution >= 0.6 is 11.6 Å². The molecular formula is C17H11ClF7N3O4. The molecule has 2 aromatic rings. The van der Waals surface area contributed by atoms with Crippen LogP contribution in [-0.2, 0) is 0 Å². The first-order valence-electron chi connectivity index (χ1n) is 7.93. The largest absolute Gasteiger partial charge is 0.459 e. The van der Waals surface area contributed by atoms with E-state index >= 15 is 0 Å². The second-order valence-electron chi connectivity index (χ2n) is 5.64. The van der Waals surface area contributed by atoms with Crippen molar-refractivity contribution in [1.82, 2.24) is 0 Å². The van der Waals surface area contributed by atoms with Crippen LogP contribution < -0.4 is 0 Å². The molecule has 0 aliphatic rings. The summed E-state index contributed by atoms with van der Waals surface area (Å²) in [4.78, 5) is 9.64. The molecule has 0 aliphatic heterocycles. The molecular weight excluding hydrogens is 479 g/mol. The quantitative estimate of drug-likeness (QED) is 0.141. The molecule has 2 rings (SSSR count). The van der Waals surface area contributed by atoms with Gasteiger partial charge in [0.05, 0.1) is 4.92 Å². The Labute approximate surface area is 179 Å². The molecule has 0 heterocycles. The number of alkyl halides is 8. The Morgan fingerprint density at radius 1 is 0.844 bits per heavy atom. The number of hydrogen-bond acceptors (Lipinski definition) is 6. The van der Waals surface area contributed by atoms with Gasteiger partial charge >= 0.3 is 17.5 Å². The second-order valence-corrected chi connectivity index (χ2v) is 6.12. The molecule has 0 aliphatic carbocycles. The van der Waals surface area contributed by atoms with Crippen LogP contribution in [0.4, 0.5) is 36.4 Å². The number of rotatable bonds is 5. The van der Waals surface area contributed by atoms with Crippen LogP contribution in [-0.4, -0.2) is 44.2 Å². The predicted octanol–water partition coefficient (Wildman–Crippen LogP) is 5.67. The lowest BCUT2D eigenvalue weighted by Crippen LogP contribution is -2.44. The fraction of sp³-hybridized carbons (Fsp3) is 0.176. The van der Waals surface area contributed by atoms with Crippen molar-refractivity contribution in [2.75, 3.05) is 0 Å². The average molecular weight is 490 g/mol. The summed E-state index contributed by atoms with van der Waals surface area (Å²) in [5.74, 6) is -5.19. The normalized spacial score (nSPS) is 13.2. The maximum atomic E-state index is 12.9. The van der Waals surface area contributed by atoms with E-state index in [0.717, 1.165) is 30.3 Å². The molecule has 2 N–H and O–H groups in total. The molecule has 7 nitrogen and oxygen atoms in total. The van der Waals surface area contributed by atoms with Gasteiger partial charge in [-0.1, -0.05) is 52.8 Å². The number of nitro benzene ring substituents is 1. The van der Waals surface area contributed by atoms with Gasteiger partial charge in [0.15, 0.2) is 11.4 Å². The second kappa shape index (κ2) is 10.3. The van der Waals surface area contributed by atoms with Gasteiger partial charge in [0, 0.05) is 23.3 Å². The molecule has 0 unspecified atom stereocenters. The Balaban J connectivity index is 0.000000320. The summed E-state index contributed by atoms with van der Waals surface area (Å²) in [6.45, 7) is 0. The first kappa shape index (κ1) is 26.6. The number of halogens is 8. The van der Waals surface area contributed by atoms with Crippen molar-refractivity contribution in [3.05, 3.63) is 75.8 Å². The van der Waals surface area contributed by atoms with E-state index in [1.165, 1.54) is 24.3 Å². The molecule has 0 atom stereocenters. The number of non-ortho nitro benzene ring substituents is 1. The van der Waals surface area contributed by atoms with Gasteiger partial charge < -0.3 is 10.4 Å². The van der Waals surface area contributed by atoms with E-state index in [2.05, 4.69) is 16.8 Å². The standard InChI is InChI=1S/C9H6F5NO.C8H5ClF2N2O3/c10-8(11,9(12,13)14)7(15-16)6-4-2-1-3-5-6;9-8(10,11)7(12-14)5-2-1-3-6(4-5)13(15)16/h1-5,16H;1-4,14H. The van der Waals surface area contributed by atoms with Crippen LogP contribution in [0.25, 0.3) is 0 Å². The van der Waals surface area contributed by atoms with E-state index in [0.29, 0.717) is 0 Å². The third kappa shape index (κ3) is 6.54. The Morgan fingerprint density at radius 3 is 1.75 bits per heavy atom. The van der Waals surface area contributed by atoms with E-state index < -0.39 is 45.1 Å². The van der Waals surface area contributed by atoms with Crippen LogP contribution in [0.5, 0.6) is 0 Å². The van der Waals surface area contributed by atoms with Crippen molar-refractivity contribution in [2.45, 2.75) is 17.5 Å². The Kier molecular flexibility index (Phi) is 8.53. The monoisotopic (exact) mass is 489 g/mol. The average Bonchev–Trinajstić information content (AvgIpc) is 2.68. The van der Waals surface area contributed by atoms with Gasteiger partial charge in [-0.15, -0.1) is 0 Å². The summed E-state index contributed by atoms with van der Waals surface area (Å²) in [5.41, 5.74) is -4.08. The van der Waals surface area contributed by atoms with Gasteiger partial charge in [-0.05, 0) is 11.6 Å². The molecule has 0 radical (unpaired) electrons. The Bertz CT molecular complexity index is 994. The fourth-order valence-corrected chi connectivity index (χ4v) is 2.22. The zero-order valence-electron chi connectivity index (χ0n) is 15.3. The minimum atomic E-state index is -5.80. The third-order valence-electron chi connectivity index (χ3n) is 3.50. The van der Waals surface area contributed by atoms with Gasteiger partial charge in [0.25, 0.3) is 5.69 Å². The van der Waals surface area contributed by atoms with Gasteiger partial charge in [-0.3, -0.25) is 10.1 Å². The number of benzene rings is 2. The lowest BCUT2D eigenvalue weighted by molar-refractivity contribution is -0.384. The zero-order valence-corrected chi connectivity index (χ0v) is 16.0. The summed E-state index contributed by atoms with van der Waals surface area (Å²) >= 11 is 4.67. The molecule has 0 aromatic heterocycles. The van der Waals surface area contributed by atoms with E-state index in [1.807, 2.05) is 5.16 Å². The highest BCUT2D eigenvalue weighted by atomic mass is 35.5. The third-order valence-corrected chi connectivity index (χ3v) is 3.68. The zero-order chi connectivity index (χ0) is 24.7. The highest BCUT2D eigenvalue weighted by molar-refractivity contribution is 6.36. The summed E-state index contributed by atoms with van der Waals surface area (Å²) < 4.78 is 87.2. The SMILES string of the molecule is O=[N+]([O-])c1cccc(C(=NO)C(F)(F)Cl)c1.ON=C(c1ccccc1)C(F)(F)C(F)(F)F. The highest BCUT2D eigenvalue weighted by Gasteiger charge is 2.62. The van der Waals surface area contributed by atoms with Crippen LogP contribution in [0, 0.1) is 10.1 Å². The Morgan fingerprint density at radius 2 is 1.34 bits per heavy atom. The number of nitrogens with zero attached hydrogens (tertiary/aromatic N) is 3. The van der Waals surface area contributed by atoms with E-state index in [9.17, 15) is 40.8 Å². The molecule has 0 saturated carbocycles. The van der Waals surface area contributed by atoms with Crippen molar-refractivity contribution in [1.29, 1.82) is 0 Å². The van der Waals surface area contributed by atoms with Gasteiger partial charge in [0.2, 0.25) is 0 Å². The predicted molar refractivity (Wildman–Crippen MR) is 98.0 cm³/mol. The molecule has 0 fully saturated rings. The smallest absolute Gasteiger partial charge is 0.410 e. The van der Waals surface area contributed by atoms with E-state index in [4.69, 9.17) is 10.4 Å². The van der Waals surface area contributed by atoms with Crippen LogP contribution in [0.15, 0.2) is 64.9 Å². The fourth-order valence-electron chi connectivity index (χ4n) is 2.08. The van der Waals surface area contributed by atoms with Crippen molar-refractivity contribution < 1.29 is 46.1 Å². The van der Waals surface area contributed by atoms with Crippen LogP contribution in [0.1, 0.15) is 11.1 Å². The van der Waals surface area contributed by atoms with Crippen LogP contribution in [0.3, 0.4) is 0 Å². The summed E-state index contributed by atoms with van der Waals surface area (Å²) in [7, 11) is 0. The van der Waals surface area contributed by atoms with Crippen molar-refractivity contribution in [2.24, 2.45) is 10.3 Å². The highest BCUT2D eigenvalue weighted by Crippen LogP contribution is 2.38. The minimum Gasteiger partial charge on any atom is -0.410 e. The Hall–Kier alpha value is -3.42. The molecule has 32 heavy (non-hydrogen) atoms. The van der Waals surface area contributed by atoms with Crippen molar-refractivity contribution in [3.63, 3.8) is 0 Å². The molecule has 174 valence electrons. The first-order chi connectivity index (χ1) is 14.7. The number of oxime groups is 2. The van der Waals surface area contributed by atoms with Gasteiger partial charge in [-0.25, -0.2) is 0 Å². The van der Waals surface area contributed by atoms with Crippen molar-refractivity contribution in [3.8, 4) is 0 Å². The van der Waals surface area contributed by atoms with Gasteiger partial charge in [-0.2, -0.15) is 30.7 Å². The summed E-state index contributed by atoms with van der Waals surface area (Å²) in [5, 5.41) is 27.6. The molecule has 0 amide bonds. The lowest BCUT2D eigenvalue weighted by atomic mass is 10.0. The topological polar surface area (TPSA) is 108 Å². The number of nitro groups is 1. The molecule has 15 heteroatoms. The minimum absolute atomic E-state index is 0.322. The van der Waals surface area contributed by atoms with Gasteiger partial charge in [0.1, 0.15) is 0 Å². The first-order valence-corrected chi connectivity index (χ1v) is 8.31. The maximum Gasteiger partial charge on any atom is 0.459 e. The van der Waals surface area contributed by atoms with E-state index in [1.54, 1.807) is 0 Å². The summed E-state index contributed by atoms with van der Waals surface area (Å²) in [6, 6.07) is 10.2. The van der Waals surface area contributed by atoms with E-state index in [-0.39, 0.29) is 5.56 Å². The molecule has 0 spiro atoms. The maximum absolute atomic E-state index is 12.9. The summed E-state index contributed by atoms with van der Waals surface area (Å²) in [6.07, 6.45) is -5.80. The lowest BCUT2D eigenvalue weighted by Gasteiger charge is -2.20. The van der Waals surface area contributed by atoms with Crippen LogP contribution in [0.2, 0.25) is 0 Å². The molecule has 0 bridgehead atoms. The number of hydrogen-bond donors (Lipinski definition) is 2. The molecule has 0 saturated heterocycles.